The molecule has 0 aliphatic heterocycles. The smallest absolute Gasteiger partial charge is 0.254 e. The van der Waals surface area contributed by atoms with Crippen molar-refractivity contribution in [3.05, 3.63) is 65.5 Å². The summed E-state index contributed by atoms with van der Waals surface area (Å²) in [6.07, 6.45) is 1.13. The van der Waals surface area contributed by atoms with Crippen molar-refractivity contribution < 1.29 is 17.6 Å². The zero-order chi connectivity index (χ0) is 19.3. The van der Waals surface area contributed by atoms with Gasteiger partial charge in [0.2, 0.25) is 0 Å². The molecule has 2 aromatic rings. The molecular formula is C19H23FN2O3S. The number of nitrogens with zero attached hydrogens (tertiary/aromatic N) is 2. The Hall–Kier alpha value is -2.25. The average Bonchev–Trinajstić information content (AvgIpc) is 2.59. The highest BCUT2D eigenvalue weighted by Crippen LogP contribution is 2.14. The van der Waals surface area contributed by atoms with Gasteiger partial charge < -0.3 is 9.80 Å². The van der Waals surface area contributed by atoms with E-state index >= 15 is 0 Å². The monoisotopic (exact) mass is 378 g/mol. The van der Waals surface area contributed by atoms with Gasteiger partial charge in [0.05, 0.1) is 4.90 Å². The van der Waals surface area contributed by atoms with Crippen LogP contribution in [-0.4, -0.2) is 57.6 Å². The molecule has 7 heteroatoms. The molecule has 0 N–H and O–H groups in total. The van der Waals surface area contributed by atoms with Gasteiger partial charge in [0.25, 0.3) is 5.91 Å². The van der Waals surface area contributed by atoms with E-state index in [1.54, 1.807) is 17.0 Å². The van der Waals surface area contributed by atoms with E-state index in [2.05, 4.69) is 0 Å². The summed E-state index contributed by atoms with van der Waals surface area (Å²) in [5, 5.41) is 0. The number of sulfone groups is 1. The molecule has 0 aliphatic carbocycles. The Balaban J connectivity index is 2.22. The largest absolute Gasteiger partial charge is 0.333 e. The Kier molecular flexibility index (Phi) is 6.50. The van der Waals surface area contributed by atoms with E-state index in [4.69, 9.17) is 0 Å². The normalized spacial score (nSPS) is 11.6. The minimum Gasteiger partial charge on any atom is -0.333 e. The predicted octanol–water partition coefficient (Wildman–Crippen LogP) is 2.43. The third kappa shape index (κ3) is 5.64. The minimum atomic E-state index is -3.31. The summed E-state index contributed by atoms with van der Waals surface area (Å²) >= 11 is 0. The van der Waals surface area contributed by atoms with Crippen molar-refractivity contribution in [2.75, 3.05) is 33.4 Å². The van der Waals surface area contributed by atoms with Crippen LogP contribution >= 0.6 is 0 Å². The molecule has 0 saturated heterocycles. The Morgan fingerprint density at radius 2 is 1.54 bits per heavy atom. The summed E-state index contributed by atoms with van der Waals surface area (Å²) in [4.78, 5) is 16.7. The van der Waals surface area contributed by atoms with Crippen LogP contribution in [0.25, 0.3) is 0 Å². The van der Waals surface area contributed by atoms with Gasteiger partial charge >= 0.3 is 0 Å². The third-order valence-corrected chi connectivity index (χ3v) is 5.05. The molecule has 0 fully saturated rings. The first-order valence-corrected chi connectivity index (χ1v) is 10.0. The van der Waals surface area contributed by atoms with Gasteiger partial charge in [-0.1, -0.05) is 12.1 Å². The summed E-state index contributed by atoms with van der Waals surface area (Å²) in [6, 6.07) is 11.9. The highest BCUT2D eigenvalue weighted by Gasteiger charge is 2.17. The second-order valence-corrected chi connectivity index (χ2v) is 8.47. The van der Waals surface area contributed by atoms with Crippen LogP contribution in [0.15, 0.2) is 53.4 Å². The van der Waals surface area contributed by atoms with E-state index in [0.717, 1.165) is 11.8 Å². The Labute approximate surface area is 154 Å². The number of hydrogen-bond acceptors (Lipinski definition) is 4. The number of benzene rings is 2. The van der Waals surface area contributed by atoms with Crippen molar-refractivity contribution in [3.63, 3.8) is 0 Å². The van der Waals surface area contributed by atoms with Crippen LogP contribution in [0.4, 0.5) is 4.39 Å². The average molecular weight is 378 g/mol. The summed E-state index contributed by atoms with van der Waals surface area (Å²) in [6.45, 7) is 1.52. The van der Waals surface area contributed by atoms with E-state index in [1.165, 1.54) is 36.4 Å². The third-order valence-electron chi connectivity index (χ3n) is 3.92. The predicted molar refractivity (Wildman–Crippen MR) is 99.2 cm³/mol. The molecule has 5 nitrogen and oxygen atoms in total. The lowest BCUT2D eigenvalue weighted by Crippen LogP contribution is -2.36. The number of hydrogen-bond donors (Lipinski definition) is 0. The van der Waals surface area contributed by atoms with Crippen molar-refractivity contribution in [2.45, 2.75) is 11.4 Å². The maximum absolute atomic E-state index is 13.1. The first-order chi connectivity index (χ1) is 12.2. The maximum atomic E-state index is 13.1. The van der Waals surface area contributed by atoms with Gasteiger partial charge in [0.15, 0.2) is 9.84 Å². The molecule has 0 radical (unpaired) electrons. The van der Waals surface area contributed by atoms with Crippen LogP contribution < -0.4 is 0 Å². The fourth-order valence-electron chi connectivity index (χ4n) is 2.41. The minimum absolute atomic E-state index is 0.174. The van der Waals surface area contributed by atoms with Crippen LogP contribution in [0.3, 0.4) is 0 Å². The Morgan fingerprint density at radius 3 is 2.04 bits per heavy atom. The van der Waals surface area contributed by atoms with E-state index in [1.807, 2.05) is 19.0 Å². The van der Waals surface area contributed by atoms with Gasteiger partial charge in [0.1, 0.15) is 5.82 Å². The molecule has 0 heterocycles. The zero-order valence-electron chi connectivity index (χ0n) is 15.1. The number of likely N-dealkylation sites (N-methyl/N-ethyl adjacent to an activating group) is 1. The molecule has 0 aliphatic rings. The quantitative estimate of drug-likeness (QED) is 0.743. The van der Waals surface area contributed by atoms with Crippen molar-refractivity contribution >= 4 is 15.7 Å². The molecule has 26 heavy (non-hydrogen) atoms. The topological polar surface area (TPSA) is 57.7 Å². The summed E-state index contributed by atoms with van der Waals surface area (Å²) in [5.41, 5.74) is 1.24. The lowest BCUT2D eigenvalue weighted by molar-refractivity contribution is 0.0732. The number of amides is 1. The standard InChI is InChI=1S/C19H23FN2O3S/c1-21(2)12-13-22(14-15-4-8-17(20)9-5-15)19(23)16-6-10-18(11-7-16)26(3,24)25/h4-11H,12-14H2,1-3H3. The van der Waals surface area contributed by atoms with E-state index in [9.17, 15) is 17.6 Å². The SMILES string of the molecule is CN(C)CCN(Cc1ccc(F)cc1)C(=O)c1ccc(S(C)(=O)=O)cc1. The molecule has 140 valence electrons. The maximum Gasteiger partial charge on any atom is 0.254 e. The fraction of sp³-hybridized carbons (Fsp3) is 0.316. The molecule has 0 unspecified atom stereocenters. The van der Waals surface area contributed by atoms with Gasteiger partial charge in [-0.15, -0.1) is 0 Å². The molecule has 0 aromatic heterocycles. The number of carbonyl (C=O) groups is 1. The molecule has 0 saturated carbocycles. The fourth-order valence-corrected chi connectivity index (χ4v) is 3.04. The Morgan fingerprint density at radius 1 is 0.962 bits per heavy atom. The molecule has 2 aromatic carbocycles. The summed E-state index contributed by atoms with van der Waals surface area (Å²) in [7, 11) is 0.530. The summed E-state index contributed by atoms with van der Waals surface area (Å²) < 4.78 is 36.2. The van der Waals surface area contributed by atoms with E-state index < -0.39 is 9.84 Å². The van der Waals surface area contributed by atoms with Crippen LogP contribution in [0, 0.1) is 5.82 Å². The number of halogens is 1. The van der Waals surface area contributed by atoms with E-state index in [-0.39, 0.29) is 16.6 Å². The van der Waals surface area contributed by atoms with Crippen LogP contribution in [0.5, 0.6) is 0 Å². The van der Waals surface area contributed by atoms with Crippen molar-refractivity contribution in [1.82, 2.24) is 9.80 Å². The van der Waals surface area contributed by atoms with Crippen molar-refractivity contribution in [3.8, 4) is 0 Å². The van der Waals surface area contributed by atoms with Crippen LogP contribution in [-0.2, 0) is 16.4 Å². The van der Waals surface area contributed by atoms with Gasteiger partial charge in [-0.05, 0) is 56.1 Å². The molecule has 1 amide bonds. The first kappa shape index (κ1) is 20.1. The molecule has 0 atom stereocenters. The van der Waals surface area contributed by atoms with Crippen molar-refractivity contribution in [2.24, 2.45) is 0 Å². The number of rotatable bonds is 7. The second-order valence-electron chi connectivity index (χ2n) is 6.45. The highest BCUT2D eigenvalue weighted by molar-refractivity contribution is 7.90. The molecule has 2 rings (SSSR count). The zero-order valence-corrected chi connectivity index (χ0v) is 16.0. The highest BCUT2D eigenvalue weighted by atomic mass is 32.2. The molecule has 0 bridgehead atoms. The van der Waals surface area contributed by atoms with Gasteiger partial charge in [-0.25, -0.2) is 12.8 Å². The Bertz CT molecular complexity index is 847. The lowest BCUT2D eigenvalue weighted by Gasteiger charge is -2.25. The molecule has 0 spiro atoms. The number of carbonyl (C=O) groups excluding carboxylic acids is 1. The summed E-state index contributed by atoms with van der Waals surface area (Å²) in [5.74, 6) is -0.521. The van der Waals surface area contributed by atoms with Crippen LogP contribution in [0.2, 0.25) is 0 Å². The van der Waals surface area contributed by atoms with Gasteiger partial charge in [0, 0.05) is 31.5 Å². The first-order valence-electron chi connectivity index (χ1n) is 8.15. The van der Waals surface area contributed by atoms with Crippen LogP contribution in [0.1, 0.15) is 15.9 Å². The second kappa shape index (κ2) is 8.42. The lowest BCUT2D eigenvalue weighted by atomic mass is 10.1. The van der Waals surface area contributed by atoms with Gasteiger partial charge in [-0.2, -0.15) is 0 Å². The molecular weight excluding hydrogens is 355 g/mol. The van der Waals surface area contributed by atoms with Crippen molar-refractivity contribution in [1.29, 1.82) is 0 Å². The van der Waals surface area contributed by atoms with E-state index in [0.29, 0.717) is 25.2 Å². The van der Waals surface area contributed by atoms with Gasteiger partial charge in [-0.3, -0.25) is 4.79 Å².